The van der Waals surface area contributed by atoms with Crippen molar-refractivity contribution in [3.8, 4) is 11.4 Å². The number of imidazole rings is 1. The first-order valence-corrected chi connectivity index (χ1v) is 8.33. The number of aromatic nitrogens is 2. The van der Waals surface area contributed by atoms with Crippen LogP contribution in [0.15, 0.2) is 45.3 Å². The molecule has 0 atom stereocenters. The first kappa shape index (κ1) is 14.9. The third-order valence-corrected chi connectivity index (χ3v) is 4.73. The zero-order chi connectivity index (χ0) is 15.0. The van der Waals surface area contributed by atoms with Crippen LogP contribution in [0.25, 0.3) is 16.7 Å². The number of methoxy groups -OCH3 is 1. The Morgan fingerprint density at radius 3 is 2.52 bits per heavy atom. The minimum Gasteiger partial charge on any atom is -0.497 e. The molecule has 108 valence electrons. The van der Waals surface area contributed by atoms with Gasteiger partial charge in [-0.15, -0.1) is 11.6 Å². The van der Waals surface area contributed by atoms with Gasteiger partial charge in [0.25, 0.3) is 0 Å². The van der Waals surface area contributed by atoms with Gasteiger partial charge in [-0.3, -0.25) is 4.57 Å². The Balaban J connectivity index is 2.39. The quantitative estimate of drug-likeness (QED) is 0.528. The van der Waals surface area contributed by atoms with Gasteiger partial charge >= 0.3 is 0 Å². The molecule has 0 radical (unpaired) electrons. The van der Waals surface area contributed by atoms with Crippen LogP contribution in [0, 0.1) is 0 Å². The number of fused-ring (bicyclic) bond motifs is 1. The summed E-state index contributed by atoms with van der Waals surface area (Å²) in [4.78, 5) is 4.60. The number of hydrogen-bond acceptors (Lipinski definition) is 2. The summed E-state index contributed by atoms with van der Waals surface area (Å²) in [7, 11) is 1.65. The fourth-order valence-corrected chi connectivity index (χ4v) is 3.81. The summed E-state index contributed by atoms with van der Waals surface area (Å²) in [6, 6.07) is 11.7. The standard InChI is InChI=1S/C15H11Br2ClN2O/c1-21-9-5-6-12-13(7-9)20(14(8-18)19-12)15-10(16)3-2-4-11(15)17/h2-7H,8H2,1H3. The summed E-state index contributed by atoms with van der Waals surface area (Å²) in [6.45, 7) is 0. The van der Waals surface area contributed by atoms with Gasteiger partial charge in [0.2, 0.25) is 0 Å². The van der Waals surface area contributed by atoms with Crippen molar-refractivity contribution in [2.24, 2.45) is 0 Å². The Hall–Kier alpha value is -1.04. The van der Waals surface area contributed by atoms with Crippen molar-refractivity contribution in [1.82, 2.24) is 9.55 Å². The molecule has 3 rings (SSSR count). The molecule has 0 amide bonds. The van der Waals surface area contributed by atoms with E-state index in [2.05, 4.69) is 36.8 Å². The van der Waals surface area contributed by atoms with Crippen molar-refractivity contribution < 1.29 is 4.74 Å². The van der Waals surface area contributed by atoms with Crippen molar-refractivity contribution in [2.75, 3.05) is 7.11 Å². The molecule has 3 aromatic rings. The van der Waals surface area contributed by atoms with E-state index in [4.69, 9.17) is 16.3 Å². The molecule has 0 N–H and O–H groups in total. The second kappa shape index (κ2) is 5.99. The van der Waals surface area contributed by atoms with E-state index < -0.39 is 0 Å². The molecule has 0 spiro atoms. The predicted octanol–water partition coefficient (Wildman–Crippen LogP) is 5.30. The lowest BCUT2D eigenvalue weighted by Crippen LogP contribution is -2.01. The summed E-state index contributed by atoms with van der Waals surface area (Å²) in [5, 5.41) is 0. The van der Waals surface area contributed by atoms with Gasteiger partial charge in [0.05, 0.1) is 29.7 Å². The number of halogens is 3. The second-order valence-corrected chi connectivity index (χ2v) is 6.40. The van der Waals surface area contributed by atoms with Crippen molar-refractivity contribution in [3.63, 3.8) is 0 Å². The third kappa shape index (κ3) is 2.58. The van der Waals surface area contributed by atoms with E-state index in [0.29, 0.717) is 5.88 Å². The third-order valence-electron chi connectivity index (χ3n) is 3.21. The van der Waals surface area contributed by atoms with Crippen molar-refractivity contribution in [2.45, 2.75) is 5.88 Å². The molecule has 21 heavy (non-hydrogen) atoms. The van der Waals surface area contributed by atoms with Crippen LogP contribution < -0.4 is 4.74 Å². The average Bonchev–Trinajstić information content (AvgIpc) is 2.85. The number of alkyl halides is 1. The number of ether oxygens (including phenoxy) is 1. The molecular weight excluding hydrogens is 419 g/mol. The van der Waals surface area contributed by atoms with Crippen molar-refractivity contribution >= 4 is 54.5 Å². The minimum atomic E-state index is 0.324. The Labute approximate surface area is 144 Å². The topological polar surface area (TPSA) is 27.1 Å². The van der Waals surface area contributed by atoms with Crippen LogP contribution in [0.3, 0.4) is 0 Å². The summed E-state index contributed by atoms with van der Waals surface area (Å²) in [5.74, 6) is 1.89. The maximum absolute atomic E-state index is 6.09. The van der Waals surface area contributed by atoms with E-state index >= 15 is 0 Å². The van der Waals surface area contributed by atoms with Crippen LogP contribution in [-0.4, -0.2) is 16.7 Å². The van der Waals surface area contributed by atoms with Gasteiger partial charge in [-0.25, -0.2) is 4.98 Å². The van der Waals surface area contributed by atoms with Crippen molar-refractivity contribution in [3.05, 3.63) is 51.2 Å². The van der Waals surface area contributed by atoms with Crippen LogP contribution >= 0.6 is 43.5 Å². The zero-order valence-corrected chi connectivity index (χ0v) is 15.0. The Morgan fingerprint density at radius 2 is 1.90 bits per heavy atom. The highest BCUT2D eigenvalue weighted by Crippen LogP contribution is 2.34. The number of para-hydroxylation sites is 1. The van der Waals surface area contributed by atoms with Gasteiger partial charge in [0, 0.05) is 15.0 Å². The molecule has 3 nitrogen and oxygen atoms in total. The Kier molecular flexibility index (Phi) is 4.24. The second-order valence-electron chi connectivity index (χ2n) is 4.42. The van der Waals surface area contributed by atoms with Crippen LogP contribution in [-0.2, 0) is 5.88 Å². The van der Waals surface area contributed by atoms with Crippen LogP contribution in [0.5, 0.6) is 5.75 Å². The molecule has 0 aliphatic carbocycles. The molecule has 0 unspecified atom stereocenters. The number of nitrogens with zero attached hydrogens (tertiary/aromatic N) is 2. The molecule has 0 fully saturated rings. The Bertz CT molecular complexity index is 797. The van der Waals surface area contributed by atoms with E-state index in [1.807, 2.05) is 41.0 Å². The fourth-order valence-electron chi connectivity index (χ4n) is 2.27. The maximum atomic E-state index is 6.09. The monoisotopic (exact) mass is 428 g/mol. The Morgan fingerprint density at radius 1 is 1.19 bits per heavy atom. The number of benzene rings is 2. The predicted molar refractivity (Wildman–Crippen MR) is 92.6 cm³/mol. The van der Waals surface area contributed by atoms with E-state index in [1.165, 1.54) is 0 Å². The van der Waals surface area contributed by atoms with Crippen LogP contribution in [0.1, 0.15) is 5.82 Å². The van der Waals surface area contributed by atoms with Gasteiger partial charge in [-0.2, -0.15) is 0 Å². The highest BCUT2D eigenvalue weighted by atomic mass is 79.9. The summed E-state index contributed by atoms with van der Waals surface area (Å²) >= 11 is 13.3. The highest BCUT2D eigenvalue weighted by molar-refractivity contribution is 9.11. The molecule has 1 heterocycles. The molecular formula is C15H11Br2ClN2O. The summed E-state index contributed by atoms with van der Waals surface area (Å²) in [5.41, 5.74) is 2.82. The summed E-state index contributed by atoms with van der Waals surface area (Å²) in [6.07, 6.45) is 0. The van der Waals surface area contributed by atoms with Crippen LogP contribution in [0.2, 0.25) is 0 Å². The fraction of sp³-hybridized carbons (Fsp3) is 0.133. The maximum Gasteiger partial charge on any atom is 0.129 e. The summed E-state index contributed by atoms with van der Waals surface area (Å²) < 4.78 is 9.29. The minimum absolute atomic E-state index is 0.324. The zero-order valence-electron chi connectivity index (χ0n) is 11.1. The first-order valence-electron chi connectivity index (χ1n) is 6.21. The molecule has 0 bridgehead atoms. The lowest BCUT2D eigenvalue weighted by Gasteiger charge is -2.12. The molecule has 0 aliphatic heterocycles. The molecule has 2 aromatic carbocycles. The number of hydrogen-bond donors (Lipinski definition) is 0. The average molecular weight is 431 g/mol. The van der Waals surface area contributed by atoms with Crippen molar-refractivity contribution in [1.29, 1.82) is 0 Å². The van der Waals surface area contributed by atoms with E-state index in [1.54, 1.807) is 7.11 Å². The molecule has 6 heteroatoms. The molecule has 0 saturated carbocycles. The van der Waals surface area contributed by atoms with Gasteiger partial charge in [0.1, 0.15) is 11.6 Å². The first-order chi connectivity index (χ1) is 10.2. The van der Waals surface area contributed by atoms with E-state index in [-0.39, 0.29) is 0 Å². The van der Waals surface area contributed by atoms with Gasteiger partial charge in [-0.1, -0.05) is 6.07 Å². The lowest BCUT2D eigenvalue weighted by molar-refractivity contribution is 0.415. The van der Waals surface area contributed by atoms with Gasteiger partial charge in [-0.05, 0) is 56.1 Å². The number of rotatable bonds is 3. The van der Waals surface area contributed by atoms with E-state index in [9.17, 15) is 0 Å². The smallest absolute Gasteiger partial charge is 0.129 e. The van der Waals surface area contributed by atoms with Crippen LogP contribution in [0.4, 0.5) is 0 Å². The molecule has 0 aliphatic rings. The largest absolute Gasteiger partial charge is 0.497 e. The SMILES string of the molecule is COc1ccc2nc(CCl)n(-c3c(Br)cccc3Br)c2c1. The lowest BCUT2D eigenvalue weighted by atomic mass is 10.2. The van der Waals surface area contributed by atoms with Gasteiger partial charge < -0.3 is 4.74 Å². The van der Waals surface area contributed by atoms with Gasteiger partial charge in [0.15, 0.2) is 0 Å². The molecule has 0 saturated heterocycles. The molecule has 1 aromatic heterocycles. The normalized spacial score (nSPS) is 11.0. The highest BCUT2D eigenvalue weighted by Gasteiger charge is 2.16. The van der Waals surface area contributed by atoms with E-state index in [0.717, 1.165) is 37.2 Å².